The van der Waals surface area contributed by atoms with E-state index >= 15 is 0 Å². The van der Waals surface area contributed by atoms with E-state index in [1.807, 2.05) is 11.9 Å². The molecule has 11 heteroatoms. The number of aliphatic hydroxyl groups is 2. The molecular weight excluding hydrogens is 529 g/mol. The van der Waals surface area contributed by atoms with Gasteiger partial charge in [0.25, 0.3) is 5.91 Å². The molecular formula is C26H30ClF3N2O4S. The fourth-order valence-corrected chi connectivity index (χ4v) is 6.70. The second-order valence-electron chi connectivity index (χ2n) is 10.2. The number of rotatable bonds is 9. The Morgan fingerprint density at radius 3 is 2.46 bits per heavy atom. The monoisotopic (exact) mass is 558 g/mol. The van der Waals surface area contributed by atoms with Crippen molar-refractivity contribution in [3.8, 4) is 0 Å². The van der Waals surface area contributed by atoms with Crippen molar-refractivity contribution in [1.82, 2.24) is 4.90 Å². The Hall–Kier alpha value is -1.82. The molecule has 3 atom stereocenters. The average molecular weight is 559 g/mol. The predicted octanol–water partition coefficient (Wildman–Crippen LogP) is 5.12. The molecule has 3 aliphatic rings. The van der Waals surface area contributed by atoms with E-state index in [1.54, 1.807) is 6.92 Å². The van der Waals surface area contributed by atoms with Gasteiger partial charge < -0.3 is 24.6 Å². The van der Waals surface area contributed by atoms with Crippen LogP contribution in [-0.2, 0) is 4.18 Å². The van der Waals surface area contributed by atoms with E-state index in [9.17, 15) is 28.2 Å². The lowest BCUT2D eigenvalue weighted by Gasteiger charge is -2.63. The molecule has 1 amide bonds. The van der Waals surface area contributed by atoms with Gasteiger partial charge in [-0.25, -0.2) is 13.2 Å². The fourth-order valence-electron chi connectivity index (χ4n) is 5.77. The number of amides is 1. The molecule has 2 aromatic carbocycles. The van der Waals surface area contributed by atoms with Crippen molar-refractivity contribution >= 4 is 35.2 Å². The molecule has 6 nitrogen and oxygen atoms in total. The molecule has 0 heterocycles. The third-order valence-electron chi connectivity index (χ3n) is 7.40. The maximum Gasteiger partial charge on any atom is 0.255 e. The predicted molar refractivity (Wildman–Crippen MR) is 136 cm³/mol. The average Bonchev–Trinajstić information content (AvgIpc) is 2.82. The van der Waals surface area contributed by atoms with Crippen LogP contribution in [0.5, 0.6) is 0 Å². The molecule has 3 unspecified atom stereocenters. The number of carbonyl (C=O) groups is 1. The minimum absolute atomic E-state index is 0.0670. The van der Waals surface area contributed by atoms with Crippen LogP contribution >= 0.6 is 23.6 Å². The number of hydrogen-bond donors (Lipinski definition) is 3. The molecule has 2 bridgehead atoms. The normalized spacial score (nSPS) is 27.6. The van der Waals surface area contributed by atoms with Gasteiger partial charge in [0.15, 0.2) is 17.5 Å². The highest BCUT2D eigenvalue weighted by Crippen LogP contribution is 2.58. The molecule has 0 aromatic heterocycles. The second-order valence-corrected chi connectivity index (χ2v) is 11.4. The van der Waals surface area contributed by atoms with Gasteiger partial charge in [0.2, 0.25) is 0 Å². The molecule has 3 fully saturated rings. The van der Waals surface area contributed by atoms with E-state index in [1.165, 1.54) is 18.2 Å². The van der Waals surface area contributed by atoms with Crippen molar-refractivity contribution < 1.29 is 32.4 Å². The topological polar surface area (TPSA) is 82.0 Å². The Morgan fingerprint density at radius 2 is 1.86 bits per heavy atom. The number of carbonyl (C=O) groups excluding carboxylic acids is 1. The summed E-state index contributed by atoms with van der Waals surface area (Å²) in [6.07, 6.45) is 0.753. The first-order chi connectivity index (χ1) is 17.4. The minimum atomic E-state index is -1.61. The molecule has 2 aromatic rings. The molecule has 202 valence electrons. The van der Waals surface area contributed by atoms with Crippen molar-refractivity contribution in [1.29, 1.82) is 0 Å². The largest absolute Gasteiger partial charge is 0.392 e. The van der Waals surface area contributed by atoms with E-state index in [0.717, 1.165) is 12.0 Å². The molecule has 5 rings (SSSR count). The van der Waals surface area contributed by atoms with Crippen LogP contribution in [0.15, 0.2) is 35.2 Å². The summed E-state index contributed by atoms with van der Waals surface area (Å²) in [7, 11) is 1.89. The number of nitrogens with one attached hydrogen (secondary N) is 1. The van der Waals surface area contributed by atoms with Gasteiger partial charge in [-0.2, -0.15) is 0 Å². The van der Waals surface area contributed by atoms with Crippen molar-refractivity contribution in [2.75, 3.05) is 25.5 Å². The lowest BCUT2D eigenvalue weighted by molar-refractivity contribution is -0.241. The van der Waals surface area contributed by atoms with Gasteiger partial charge in [-0.15, -0.1) is 0 Å². The summed E-state index contributed by atoms with van der Waals surface area (Å²) in [4.78, 5) is 15.1. The van der Waals surface area contributed by atoms with Crippen LogP contribution in [0.4, 0.5) is 18.9 Å². The molecule has 0 saturated heterocycles. The van der Waals surface area contributed by atoms with E-state index in [0.29, 0.717) is 53.9 Å². The molecule has 3 N–H and O–H groups in total. The Kier molecular flexibility index (Phi) is 8.47. The Bertz CT molecular complexity index is 1130. The fraction of sp³-hybridized carbons (Fsp3) is 0.500. The van der Waals surface area contributed by atoms with Crippen LogP contribution in [0, 0.1) is 35.2 Å². The number of anilines is 1. The highest BCUT2D eigenvalue weighted by molar-refractivity contribution is 7.94. The van der Waals surface area contributed by atoms with Crippen molar-refractivity contribution in [2.45, 2.75) is 49.4 Å². The smallest absolute Gasteiger partial charge is 0.255 e. The zero-order valence-corrected chi connectivity index (χ0v) is 22.3. The van der Waals surface area contributed by atoms with Gasteiger partial charge in [-0.1, -0.05) is 18.5 Å². The number of aliphatic hydroxyl groups excluding tert-OH is 1. The van der Waals surface area contributed by atoms with Gasteiger partial charge in [0.05, 0.1) is 27.7 Å². The van der Waals surface area contributed by atoms with Crippen molar-refractivity contribution in [3.05, 3.63) is 58.4 Å². The SMILES string of the molecule is CC(O)CN(C)C[C@]1(O)C2C[C@H](OSc3cc(C(=O)Nc4cc(F)c(F)c(F)c4)ccc3Cl)CC1[C@@H]2C. The first kappa shape index (κ1) is 28.2. The van der Waals surface area contributed by atoms with Gasteiger partial charge in [0, 0.05) is 48.5 Å². The molecule has 0 radical (unpaired) electrons. The van der Waals surface area contributed by atoms with Crippen molar-refractivity contribution in [3.63, 3.8) is 0 Å². The maximum absolute atomic E-state index is 13.5. The summed E-state index contributed by atoms with van der Waals surface area (Å²) < 4.78 is 46.2. The van der Waals surface area contributed by atoms with Crippen LogP contribution in [0.25, 0.3) is 0 Å². The van der Waals surface area contributed by atoms with Crippen LogP contribution in [0.3, 0.4) is 0 Å². The number of hydrogen-bond acceptors (Lipinski definition) is 6. The third-order valence-corrected chi connectivity index (χ3v) is 8.72. The summed E-state index contributed by atoms with van der Waals surface area (Å²) in [6.45, 7) is 4.83. The van der Waals surface area contributed by atoms with Crippen LogP contribution in [-0.4, -0.2) is 59.0 Å². The quantitative estimate of drug-likeness (QED) is 0.293. The Morgan fingerprint density at radius 1 is 1.24 bits per heavy atom. The van der Waals surface area contributed by atoms with Gasteiger partial charge >= 0.3 is 0 Å². The number of fused-ring (bicyclic) bond motifs is 2. The molecule has 37 heavy (non-hydrogen) atoms. The zero-order chi connectivity index (χ0) is 27.1. The van der Waals surface area contributed by atoms with Gasteiger partial charge in [0.1, 0.15) is 0 Å². The first-order valence-corrected chi connectivity index (χ1v) is 13.2. The summed E-state index contributed by atoms with van der Waals surface area (Å²) in [5.74, 6) is -4.57. The number of halogens is 4. The maximum atomic E-state index is 13.5. The second kappa shape index (κ2) is 11.1. The zero-order valence-electron chi connectivity index (χ0n) is 20.7. The number of likely N-dealkylation sites (N-methyl/N-ethyl adjacent to an activating group) is 1. The highest BCUT2D eigenvalue weighted by Gasteiger charge is 2.63. The number of benzene rings is 2. The van der Waals surface area contributed by atoms with Gasteiger partial charge in [-0.3, -0.25) is 4.79 Å². The third kappa shape index (κ3) is 5.94. The lowest BCUT2D eigenvalue weighted by atomic mass is 9.47. The number of nitrogens with zero attached hydrogens (tertiary/aromatic N) is 1. The standard InChI is InChI=1S/C26H30ClF3N2O4S/c1-13(33)11-32(3)12-26(35)18-9-17(10-19(26)14(18)2)36-37-23-6-15(4-5-20(23)27)25(34)31-16-7-21(28)24(30)22(29)8-16/h4-8,13-14,17-19,33,35H,9-12H2,1-3H3,(H,31,34)/t13?,14-,17+,18?,19?,26+. The van der Waals surface area contributed by atoms with E-state index < -0.39 is 35.1 Å². The summed E-state index contributed by atoms with van der Waals surface area (Å²) in [6, 6.07) is 5.88. The Balaban J connectivity index is 1.37. The van der Waals surface area contributed by atoms with Crippen LogP contribution in [0.1, 0.15) is 37.0 Å². The molecule has 0 aliphatic heterocycles. The highest BCUT2D eigenvalue weighted by atomic mass is 35.5. The van der Waals surface area contributed by atoms with E-state index in [2.05, 4.69) is 12.2 Å². The van der Waals surface area contributed by atoms with Crippen molar-refractivity contribution in [2.24, 2.45) is 17.8 Å². The summed E-state index contributed by atoms with van der Waals surface area (Å²) in [5, 5.41) is 23.7. The van der Waals surface area contributed by atoms with Crippen LogP contribution in [0.2, 0.25) is 5.02 Å². The van der Waals surface area contributed by atoms with Crippen LogP contribution < -0.4 is 5.32 Å². The molecule has 3 saturated carbocycles. The van der Waals surface area contributed by atoms with E-state index in [4.69, 9.17) is 15.8 Å². The summed E-state index contributed by atoms with van der Waals surface area (Å²) in [5.41, 5.74) is -0.858. The molecule has 0 spiro atoms. The van der Waals surface area contributed by atoms with Gasteiger partial charge in [-0.05, 0) is 62.8 Å². The lowest BCUT2D eigenvalue weighted by Crippen LogP contribution is -2.70. The Labute approximate surface area is 223 Å². The molecule has 3 aliphatic carbocycles. The summed E-state index contributed by atoms with van der Waals surface area (Å²) >= 11 is 7.34. The first-order valence-electron chi connectivity index (χ1n) is 12.1. The minimum Gasteiger partial charge on any atom is -0.392 e. The van der Waals surface area contributed by atoms with E-state index in [-0.39, 0.29) is 29.2 Å².